The van der Waals surface area contributed by atoms with Crippen molar-refractivity contribution in [3.8, 4) is 0 Å². The standard InChI is InChI=1S/C14H17NO/c16-14(13-11-7-4-8-12(11)13)15-9-10-5-2-1-3-6-10/h1-3,5-6,11-13H,4,7-9H2,(H,15,16). The summed E-state index contributed by atoms with van der Waals surface area (Å²) in [5.74, 6) is 2.06. The molecule has 2 saturated carbocycles. The van der Waals surface area contributed by atoms with Crippen LogP contribution in [-0.2, 0) is 11.3 Å². The lowest BCUT2D eigenvalue weighted by Gasteiger charge is -2.06. The molecule has 1 aromatic carbocycles. The van der Waals surface area contributed by atoms with E-state index in [1.54, 1.807) is 0 Å². The Labute approximate surface area is 96.1 Å². The highest BCUT2D eigenvalue weighted by Crippen LogP contribution is 2.57. The van der Waals surface area contributed by atoms with Crippen molar-refractivity contribution in [3.05, 3.63) is 35.9 Å². The predicted octanol–water partition coefficient (Wildman–Crippen LogP) is 2.35. The second-order valence-corrected chi connectivity index (χ2v) is 4.99. The number of nitrogens with one attached hydrogen (secondary N) is 1. The van der Waals surface area contributed by atoms with Gasteiger partial charge in [-0.25, -0.2) is 0 Å². The van der Waals surface area contributed by atoms with Crippen molar-refractivity contribution in [2.24, 2.45) is 17.8 Å². The molecule has 1 amide bonds. The monoisotopic (exact) mass is 215 g/mol. The largest absolute Gasteiger partial charge is 0.352 e. The van der Waals surface area contributed by atoms with Crippen molar-refractivity contribution in [1.82, 2.24) is 5.32 Å². The summed E-state index contributed by atoms with van der Waals surface area (Å²) >= 11 is 0. The molecule has 2 atom stereocenters. The maximum absolute atomic E-state index is 11.9. The van der Waals surface area contributed by atoms with Gasteiger partial charge in [0.25, 0.3) is 0 Å². The molecular weight excluding hydrogens is 198 g/mol. The minimum atomic E-state index is 0.276. The smallest absolute Gasteiger partial charge is 0.223 e. The minimum Gasteiger partial charge on any atom is -0.352 e. The van der Waals surface area contributed by atoms with Gasteiger partial charge in [0.15, 0.2) is 0 Å². The van der Waals surface area contributed by atoms with E-state index in [1.807, 2.05) is 30.3 Å². The van der Waals surface area contributed by atoms with Crippen LogP contribution in [0.25, 0.3) is 0 Å². The number of hydrogen-bond donors (Lipinski definition) is 1. The zero-order valence-corrected chi connectivity index (χ0v) is 9.36. The van der Waals surface area contributed by atoms with Crippen LogP contribution in [0.5, 0.6) is 0 Å². The third-order valence-electron chi connectivity index (χ3n) is 4.02. The molecule has 0 bridgehead atoms. The number of benzene rings is 1. The molecule has 3 rings (SSSR count). The third-order valence-corrected chi connectivity index (χ3v) is 4.02. The summed E-state index contributed by atoms with van der Waals surface area (Å²) in [6, 6.07) is 10.1. The molecule has 2 unspecified atom stereocenters. The Balaban J connectivity index is 1.51. The number of amides is 1. The van der Waals surface area contributed by atoms with E-state index in [-0.39, 0.29) is 5.91 Å². The number of carbonyl (C=O) groups excluding carboxylic acids is 1. The fraction of sp³-hybridized carbons (Fsp3) is 0.500. The molecule has 2 aliphatic rings. The summed E-state index contributed by atoms with van der Waals surface area (Å²) in [4.78, 5) is 11.9. The average molecular weight is 215 g/mol. The van der Waals surface area contributed by atoms with Crippen LogP contribution in [0.4, 0.5) is 0 Å². The summed E-state index contributed by atoms with van der Waals surface area (Å²) in [6.45, 7) is 0.676. The zero-order chi connectivity index (χ0) is 11.0. The van der Waals surface area contributed by atoms with E-state index in [9.17, 15) is 4.79 Å². The van der Waals surface area contributed by atoms with E-state index >= 15 is 0 Å². The quantitative estimate of drug-likeness (QED) is 0.824. The Morgan fingerprint density at radius 3 is 2.56 bits per heavy atom. The maximum atomic E-state index is 11.9. The maximum Gasteiger partial charge on any atom is 0.223 e. The first-order chi connectivity index (χ1) is 7.86. The Kier molecular flexibility index (Phi) is 2.43. The third kappa shape index (κ3) is 1.73. The lowest BCUT2D eigenvalue weighted by molar-refractivity contribution is -0.123. The van der Waals surface area contributed by atoms with E-state index < -0.39 is 0 Å². The first-order valence-electron chi connectivity index (χ1n) is 6.18. The van der Waals surface area contributed by atoms with Gasteiger partial charge in [-0.2, -0.15) is 0 Å². The van der Waals surface area contributed by atoms with Gasteiger partial charge in [0.1, 0.15) is 0 Å². The Morgan fingerprint density at radius 2 is 1.88 bits per heavy atom. The molecule has 1 N–H and O–H groups in total. The molecule has 16 heavy (non-hydrogen) atoms. The Hall–Kier alpha value is -1.31. The Bertz CT molecular complexity index is 377. The van der Waals surface area contributed by atoms with Crippen LogP contribution in [0.3, 0.4) is 0 Å². The summed E-state index contributed by atoms with van der Waals surface area (Å²) in [6.07, 6.45) is 3.87. The Morgan fingerprint density at radius 1 is 1.19 bits per heavy atom. The first-order valence-corrected chi connectivity index (χ1v) is 6.18. The van der Waals surface area contributed by atoms with Crippen molar-refractivity contribution in [2.45, 2.75) is 25.8 Å². The zero-order valence-electron chi connectivity index (χ0n) is 9.36. The van der Waals surface area contributed by atoms with Gasteiger partial charge in [-0.15, -0.1) is 0 Å². The van der Waals surface area contributed by atoms with Crippen LogP contribution in [-0.4, -0.2) is 5.91 Å². The number of rotatable bonds is 3. The molecule has 0 spiro atoms. The van der Waals surface area contributed by atoms with Crippen molar-refractivity contribution < 1.29 is 4.79 Å². The van der Waals surface area contributed by atoms with Gasteiger partial charge in [-0.3, -0.25) is 4.79 Å². The van der Waals surface area contributed by atoms with E-state index in [4.69, 9.17) is 0 Å². The van der Waals surface area contributed by atoms with Crippen LogP contribution in [0.15, 0.2) is 30.3 Å². The summed E-state index contributed by atoms with van der Waals surface area (Å²) < 4.78 is 0. The van der Waals surface area contributed by atoms with Gasteiger partial charge in [0.05, 0.1) is 0 Å². The molecule has 1 aromatic rings. The van der Waals surface area contributed by atoms with Gasteiger partial charge in [-0.05, 0) is 30.2 Å². The molecule has 2 heteroatoms. The van der Waals surface area contributed by atoms with Crippen LogP contribution in [0.1, 0.15) is 24.8 Å². The molecule has 0 radical (unpaired) electrons. The van der Waals surface area contributed by atoms with E-state index in [0.717, 1.165) is 11.8 Å². The van der Waals surface area contributed by atoms with Gasteiger partial charge in [0, 0.05) is 12.5 Å². The predicted molar refractivity (Wildman–Crippen MR) is 62.6 cm³/mol. The highest BCUT2D eigenvalue weighted by Gasteiger charge is 2.56. The van der Waals surface area contributed by atoms with E-state index in [0.29, 0.717) is 12.5 Å². The fourth-order valence-corrected chi connectivity index (χ4v) is 3.11. The minimum absolute atomic E-state index is 0.276. The highest BCUT2D eigenvalue weighted by molar-refractivity contribution is 5.82. The fourth-order valence-electron chi connectivity index (χ4n) is 3.11. The highest BCUT2D eigenvalue weighted by atomic mass is 16.2. The number of carbonyl (C=O) groups is 1. The molecule has 0 saturated heterocycles. The van der Waals surface area contributed by atoms with Crippen molar-refractivity contribution >= 4 is 5.91 Å². The second-order valence-electron chi connectivity index (χ2n) is 4.99. The second kappa shape index (κ2) is 3.93. The number of hydrogen-bond acceptors (Lipinski definition) is 1. The SMILES string of the molecule is O=C(NCc1ccccc1)C1C2CCCC21. The van der Waals surface area contributed by atoms with Crippen molar-refractivity contribution in [2.75, 3.05) is 0 Å². The topological polar surface area (TPSA) is 29.1 Å². The average Bonchev–Trinajstić information content (AvgIpc) is 2.81. The molecule has 2 fully saturated rings. The normalized spacial score (nSPS) is 30.9. The first kappa shape index (κ1) is 9.88. The summed E-state index contributed by atoms with van der Waals surface area (Å²) in [5, 5.41) is 3.05. The van der Waals surface area contributed by atoms with Crippen LogP contribution in [0, 0.1) is 17.8 Å². The van der Waals surface area contributed by atoms with Crippen LogP contribution in [0.2, 0.25) is 0 Å². The lowest BCUT2D eigenvalue weighted by atomic mass is 10.1. The van der Waals surface area contributed by atoms with E-state index in [2.05, 4.69) is 5.32 Å². The molecule has 2 aliphatic carbocycles. The van der Waals surface area contributed by atoms with Gasteiger partial charge < -0.3 is 5.32 Å². The van der Waals surface area contributed by atoms with Crippen LogP contribution < -0.4 is 5.32 Å². The van der Waals surface area contributed by atoms with Crippen molar-refractivity contribution in [1.29, 1.82) is 0 Å². The van der Waals surface area contributed by atoms with E-state index in [1.165, 1.54) is 24.8 Å². The van der Waals surface area contributed by atoms with Crippen LogP contribution >= 0.6 is 0 Å². The molecule has 2 nitrogen and oxygen atoms in total. The molecule has 0 aliphatic heterocycles. The lowest BCUT2D eigenvalue weighted by Crippen LogP contribution is -2.26. The van der Waals surface area contributed by atoms with Crippen molar-refractivity contribution in [3.63, 3.8) is 0 Å². The van der Waals surface area contributed by atoms with Gasteiger partial charge in [-0.1, -0.05) is 36.8 Å². The molecule has 0 heterocycles. The molecule has 84 valence electrons. The summed E-state index contributed by atoms with van der Waals surface area (Å²) in [5.41, 5.74) is 1.18. The number of fused-ring (bicyclic) bond motifs is 1. The molecule has 0 aromatic heterocycles. The molecular formula is C14H17NO. The van der Waals surface area contributed by atoms with Gasteiger partial charge in [0.2, 0.25) is 5.91 Å². The summed E-state index contributed by atoms with van der Waals surface area (Å²) in [7, 11) is 0. The van der Waals surface area contributed by atoms with Gasteiger partial charge >= 0.3 is 0 Å².